The summed E-state index contributed by atoms with van der Waals surface area (Å²) in [4.78, 5) is 31.2. The lowest BCUT2D eigenvalue weighted by atomic mass is 10.2. The molecular weight excluding hydrogens is 381 g/mol. The summed E-state index contributed by atoms with van der Waals surface area (Å²) in [5, 5.41) is 2.63. The molecular formula is C20H20FN3O3S. The second kappa shape index (κ2) is 8.88. The van der Waals surface area contributed by atoms with E-state index >= 15 is 0 Å². The van der Waals surface area contributed by atoms with Crippen LogP contribution in [0.5, 0.6) is 5.75 Å². The molecule has 8 heteroatoms. The number of hydrogen-bond donors (Lipinski definition) is 1. The minimum absolute atomic E-state index is 0.0801. The fourth-order valence-electron chi connectivity index (χ4n) is 2.70. The zero-order valence-corrected chi connectivity index (χ0v) is 16.3. The first-order chi connectivity index (χ1) is 13.5. The number of benzene rings is 2. The summed E-state index contributed by atoms with van der Waals surface area (Å²) in [5.41, 5.74) is 1.11. The summed E-state index contributed by atoms with van der Waals surface area (Å²) < 4.78 is 18.3. The number of hydrogen-bond acceptors (Lipinski definition) is 5. The molecule has 0 radical (unpaired) electrons. The molecule has 1 heterocycles. The molecule has 1 aliphatic heterocycles. The molecule has 0 bridgehead atoms. The van der Waals surface area contributed by atoms with E-state index in [1.165, 1.54) is 40.9 Å². The van der Waals surface area contributed by atoms with Crippen molar-refractivity contribution in [3.05, 3.63) is 54.3 Å². The van der Waals surface area contributed by atoms with Crippen molar-refractivity contribution in [1.29, 1.82) is 0 Å². The number of anilines is 1. The van der Waals surface area contributed by atoms with Gasteiger partial charge in [-0.25, -0.2) is 9.38 Å². The van der Waals surface area contributed by atoms with Crippen LogP contribution in [0.3, 0.4) is 0 Å². The van der Waals surface area contributed by atoms with Crippen LogP contribution < -0.4 is 10.1 Å². The largest absolute Gasteiger partial charge is 0.497 e. The minimum atomic E-state index is -0.610. The van der Waals surface area contributed by atoms with Crippen molar-refractivity contribution in [2.24, 2.45) is 4.99 Å². The van der Waals surface area contributed by atoms with Crippen LogP contribution in [0.4, 0.5) is 15.8 Å². The first-order valence-corrected chi connectivity index (χ1v) is 9.64. The predicted octanol–water partition coefficient (Wildman–Crippen LogP) is 3.81. The first kappa shape index (κ1) is 19.9. The van der Waals surface area contributed by atoms with E-state index in [-0.39, 0.29) is 24.1 Å². The van der Waals surface area contributed by atoms with Crippen LogP contribution >= 0.6 is 11.8 Å². The molecule has 6 nitrogen and oxygen atoms in total. The number of nitrogens with one attached hydrogen (secondary N) is 1. The molecule has 0 aromatic heterocycles. The molecule has 3 rings (SSSR count). The van der Waals surface area contributed by atoms with Crippen LogP contribution in [-0.2, 0) is 9.59 Å². The zero-order valence-electron chi connectivity index (χ0n) is 15.5. The third-order valence-electron chi connectivity index (χ3n) is 4.14. The summed E-state index contributed by atoms with van der Waals surface area (Å²) in [6.07, 6.45) is 0.0801. The Morgan fingerprint density at radius 2 is 2.07 bits per heavy atom. The van der Waals surface area contributed by atoms with E-state index in [1.54, 1.807) is 31.4 Å². The number of nitrogens with zero attached hydrogens (tertiary/aromatic N) is 2. The molecule has 1 unspecified atom stereocenters. The standard InChI is InChI=1S/C20H20FN3O3S/c1-3-24-18(25)12-17(19(26)22-15-5-4-6-16(11-15)27-2)28-20(24)23-14-9-7-13(21)8-10-14/h4-11,17H,3,12H2,1-2H3,(H,22,26). The lowest BCUT2D eigenvalue weighted by Crippen LogP contribution is -2.45. The Hall–Kier alpha value is -2.87. The van der Waals surface area contributed by atoms with E-state index in [2.05, 4.69) is 10.3 Å². The average Bonchev–Trinajstić information content (AvgIpc) is 2.69. The summed E-state index contributed by atoms with van der Waals surface area (Å²) >= 11 is 1.22. The Morgan fingerprint density at radius 3 is 2.75 bits per heavy atom. The number of amidine groups is 1. The lowest BCUT2D eigenvalue weighted by Gasteiger charge is -2.30. The Labute approximate surface area is 166 Å². The molecule has 2 amide bonds. The second-order valence-electron chi connectivity index (χ2n) is 6.04. The highest BCUT2D eigenvalue weighted by Crippen LogP contribution is 2.30. The molecule has 1 fully saturated rings. The Bertz CT molecular complexity index is 902. The number of aliphatic imine (C=N–C) groups is 1. The van der Waals surface area contributed by atoms with Gasteiger partial charge >= 0.3 is 0 Å². The van der Waals surface area contributed by atoms with Gasteiger partial charge in [0, 0.05) is 24.7 Å². The topological polar surface area (TPSA) is 71.0 Å². The van der Waals surface area contributed by atoms with Gasteiger partial charge in [-0.3, -0.25) is 14.5 Å². The smallest absolute Gasteiger partial charge is 0.238 e. The summed E-state index contributed by atoms with van der Waals surface area (Å²) in [5.74, 6) is -0.192. The third-order valence-corrected chi connectivity index (χ3v) is 5.32. The van der Waals surface area contributed by atoms with Gasteiger partial charge in [0.25, 0.3) is 0 Å². The normalized spacial score (nSPS) is 18.2. The van der Waals surface area contributed by atoms with E-state index in [1.807, 2.05) is 6.92 Å². The highest BCUT2D eigenvalue weighted by Gasteiger charge is 2.35. The average molecular weight is 401 g/mol. The van der Waals surface area contributed by atoms with Gasteiger partial charge in [-0.2, -0.15) is 0 Å². The van der Waals surface area contributed by atoms with E-state index in [0.29, 0.717) is 28.8 Å². The van der Waals surface area contributed by atoms with Crippen LogP contribution in [0.15, 0.2) is 53.5 Å². The number of halogens is 1. The van der Waals surface area contributed by atoms with Crippen LogP contribution in [0.2, 0.25) is 0 Å². The van der Waals surface area contributed by atoms with Crippen molar-refractivity contribution in [2.75, 3.05) is 19.0 Å². The van der Waals surface area contributed by atoms with E-state index < -0.39 is 5.25 Å². The van der Waals surface area contributed by atoms with Crippen LogP contribution in [-0.4, -0.2) is 40.8 Å². The molecule has 28 heavy (non-hydrogen) atoms. The number of amides is 2. The lowest BCUT2D eigenvalue weighted by molar-refractivity contribution is -0.129. The Kier molecular flexibility index (Phi) is 6.30. The van der Waals surface area contributed by atoms with Gasteiger partial charge in [-0.05, 0) is 43.3 Å². The number of thioether (sulfide) groups is 1. The molecule has 0 spiro atoms. The van der Waals surface area contributed by atoms with Gasteiger partial charge in [0.05, 0.1) is 12.8 Å². The summed E-state index contributed by atoms with van der Waals surface area (Å²) in [6, 6.07) is 12.7. The SMILES string of the molecule is CCN1C(=O)CC(C(=O)Nc2cccc(OC)c2)SC1=Nc1ccc(F)cc1. The van der Waals surface area contributed by atoms with Gasteiger partial charge in [0.1, 0.15) is 16.8 Å². The predicted molar refractivity (Wildman–Crippen MR) is 109 cm³/mol. The van der Waals surface area contributed by atoms with E-state index in [9.17, 15) is 14.0 Å². The minimum Gasteiger partial charge on any atom is -0.497 e. The van der Waals surface area contributed by atoms with Crippen LogP contribution in [0.1, 0.15) is 13.3 Å². The zero-order chi connectivity index (χ0) is 20.1. The fourth-order valence-corrected chi connectivity index (χ4v) is 3.86. The highest BCUT2D eigenvalue weighted by molar-refractivity contribution is 8.15. The molecule has 1 saturated heterocycles. The van der Waals surface area contributed by atoms with Crippen LogP contribution in [0, 0.1) is 5.82 Å². The summed E-state index contributed by atoms with van der Waals surface area (Å²) in [7, 11) is 1.55. The molecule has 1 aliphatic rings. The van der Waals surface area contributed by atoms with Crippen molar-refractivity contribution < 1.29 is 18.7 Å². The molecule has 0 aliphatic carbocycles. The number of carbonyl (C=O) groups excluding carboxylic acids is 2. The number of methoxy groups -OCH3 is 1. The summed E-state index contributed by atoms with van der Waals surface area (Å²) in [6.45, 7) is 2.28. The molecule has 146 valence electrons. The van der Waals surface area contributed by atoms with E-state index in [0.717, 1.165) is 0 Å². The number of rotatable bonds is 5. The molecule has 2 aromatic rings. The van der Waals surface area contributed by atoms with Gasteiger partial charge in [0.2, 0.25) is 11.8 Å². The molecule has 0 saturated carbocycles. The second-order valence-corrected chi connectivity index (χ2v) is 7.21. The number of ether oxygens (including phenoxy) is 1. The van der Waals surface area contributed by atoms with Crippen molar-refractivity contribution in [2.45, 2.75) is 18.6 Å². The van der Waals surface area contributed by atoms with Gasteiger partial charge < -0.3 is 10.1 Å². The maximum absolute atomic E-state index is 13.1. The number of carbonyl (C=O) groups is 2. The quantitative estimate of drug-likeness (QED) is 0.827. The van der Waals surface area contributed by atoms with Gasteiger partial charge in [0.15, 0.2) is 5.17 Å². The monoisotopic (exact) mass is 401 g/mol. The van der Waals surface area contributed by atoms with Crippen LogP contribution in [0.25, 0.3) is 0 Å². The molecule has 2 aromatic carbocycles. The Morgan fingerprint density at radius 1 is 1.32 bits per heavy atom. The van der Waals surface area contributed by atoms with Crippen molar-refractivity contribution >= 4 is 40.1 Å². The van der Waals surface area contributed by atoms with Crippen molar-refractivity contribution in [3.8, 4) is 5.75 Å². The third kappa shape index (κ3) is 4.69. The van der Waals surface area contributed by atoms with Gasteiger partial charge in [-0.15, -0.1) is 0 Å². The van der Waals surface area contributed by atoms with Gasteiger partial charge in [-0.1, -0.05) is 17.8 Å². The van der Waals surface area contributed by atoms with Crippen molar-refractivity contribution in [3.63, 3.8) is 0 Å². The Balaban J connectivity index is 1.79. The first-order valence-electron chi connectivity index (χ1n) is 8.76. The fraction of sp³-hybridized carbons (Fsp3) is 0.250. The molecule has 1 atom stereocenters. The highest BCUT2D eigenvalue weighted by atomic mass is 32.2. The van der Waals surface area contributed by atoms with Crippen molar-refractivity contribution in [1.82, 2.24) is 4.90 Å². The maximum atomic E-state index is 13.1. The maximum Gasteiger partial charge on any atom is 0.238 e. The molecule has 1 N–H and O–H groups in total. The van der Waals surface area contributed by atoms with E-state index in [4.69, 9.17) is 4.74 Å².